The summed E-state index contributed by atoms with van der Waals surface area (Å²) in [4.78, 5) is 0. The van der Waals surface area contributed by atoms with Crippen molar-refractivity contribution < 1.29 is 0 Å². The molecule has 0 bridgehead atoms. The first-order valence-electron chi connectivity index (χ1n) is 4.48. The first-order valence-corrected chi connectivity index (χ1v) is 4.48. The van der Waals surface area contributed by atoms with Gasteiger partial charge in [-0.15, -0.1) is 0 Å². The number of hydrogen-bond donors (Lipinski definition) is 1. The molecule has 0 aliphatic heterocycles. The van der Waals surface area contributed by atoms with Crippen LogP contribution in [-0.4, -0.2) is 7.05 Å². The molecular formula is C12H13N. The van der Waals surface area contributed by atoms with Crippen LogP contribution in [0.4, 0.5) is 5.69 Å². The SMILES string of the molecule is CNc1cc(C)c2ccccc2c1. The Kier molecular flexibility index (Phi) is 1.93. The van der Waals surface area contributed by atoms with Crippen molar-refractivity contribution in [1.82, 2.24) is 0 Å². The number of hydrogen-bond acceptors (Lipinski definition) is 1. The molecule has 0 saturated heterocycles. The summed E-state index contributed by atoms with van der Waals surface area (Å²) in [7, 11) is 1.95. The van der Waals surface area contributed by atoms with Crippen LogP contribution >= 0.6 is 0 Å². The Labute approximate surface area is 78.4 Å². The van der Waals surface area contributed by atoms with E-state index >= 15 is 0 Å². The van der Waals surface area contributed by atoms with E-state index in [4.69, 9.17) is 0 Å². The average Bonchev–Trinajstić information content (AvgIpc) is 2.18. The second-order valence-corrected chi connectivity index (χ2v) is 3.26. The lowest BCUT2D eigenvalue weighted by Gasteiger charge is -2.05. The molecule has 0 heterocycles. The third-order valence-electron chi connectivity index (χ3n) is 2.36. The second kappa shape index (κ2) is 3.09. The fraction of sp³-hybridized carbons (Fsp3) is 0.167. The summed E-state index contributed by atoms with van der Waals surface area (Å²) in [6, 6.07) is 12.8. The van der Waals surface area contributed by atoms with Gasteiger partial charge in [0.05, 0.1) is 0 Å². The fourth-order valence-electron chi connectivity index (χ4n) is 1.65. The van der Waals surface area contributed by atoms with Crippen molar-refractivity contribution in [3.63, 3.8) is 0 Å². The monoisotopic (exact) mass is 171 g/mol. The summed E-state index contributed by atoms with van der Waals surface area (Å²) in [5.74, 6) is 0. The van der Waals surface area contributed by atoms with E-state index < -0.39 is 0 Å². The predicted molar refractivity (Wildman–Crippen MR) is 58.2 cm³/mol. The lowest BCUT2D eigenvalue weighted by atomic mass is 10.0. The minimum atomic E-state index is 1.18. The molecule has 13 heavy (non-hydrogen) atoms. The van der Waals surface area contributed by atoms with E-state index in [0.29, 0.717) is 0 Å². The fourth-order valence-corrected chi connectivity index (χ4v) is 1.65. The van der Waals surface area contributed by atoms with Gasteiger partial charge in [0.15, 0.2) is 0 Å². The van der Waals surface area contributed by atoms with Gasteiger partial charge < -0.3 is 5.32 Å². The molecular weight excluding hydrogens is 158 g/mol. The smallest absolute Gasteiger partial charge is 0.0346 e. The van der Waals surface area contributed by atoms with E-state index in [1.807, 2.05) is 7.05 Å². The van der Waals surface area contributed by atoms with Crippen molar-refractivity contribution in [2.24, 2.45) is 0 Å². The number of aryl methyl sites for hydroxylation is 1. The highest BCUT2D eigenvalue weighted by molar-refractivity contribution is 5.88. The van der Waals surface area contributed by atoms with Crippen LogP contribution in [0.3, 0.4) is 0 Å². The van der Waals surface area contributed by atoms with E-state index in [1.54, 1.807) is 0 Å². The largest absolute Gasteiger partial charge is 0.388 e. The van der Waals surface area contributed by atoms with Crippen molar-refractivity contribution in [1.29, 1.82) is 0 Å². The highest BCUT2D eigenvalue weighted by Gasteiger charge is 1.97. The third-order valence-corrected chi connectivity index (χ3v) is 2.36. The Bertz CT molecular complexity index is 432. The Morgan fingerprint density at radius 2 is 1.85 bits per heavy atom. The summed E-state index contributed by atoms with van der Waals surface area (Å²) >= 11 is 0. The second-order valence-electron chi connectivity index (χ2n) is 3.26. The van der Waals surface area contributed by atoms with E-state index in [1.165, 1.54) is 22.0 Å². The quantitative estimate of drug-likeness (QED) is 0.694. The molecule has 0 spiro atoms. The van der Waals surface area contributed by atoms with Gasteiger partial charge in [0.25, 0.3) is 0 Å². The molecule has 66 valence electrons. The molecule has 0 aliphatic rings. The Morgan fingerprint density at radius 1 is 1.08 bits per heavy atom. The molecule has 0 aromatic heterocycles. The lowest BCUT2D eigenvalue weighted by molar-refractivity contribution is 1.47. The third kappa shape index (κ3) is 1.37. The van der Waals surface area contributed by atoms with Crippen LogP contribution in [0.25, 0.3) is 10.8 Å². The highest BCUT2D eigenvalue weighted by atomic mass is 14.8. The standard InChI is InChI=1S/C12H13N/c1-9-7-11(13-2)8-10-5-3-4-6-12(9)10/h3-8,13H,1-2H3. The van der Waals surface area contributed by atoms with Gasteiger partial charge in [-0.1, -0.05) is 24.3 Å². The van der Waals surface area contributed by atoms with Gasteiger partial charge in [0.2, 0.25) is 0 Å². The van der Waals surface area contributed by atoms with E-state index in [0.717, 1.165) is 0 Å². The maximum absolute atomic E-state index is 3.16. The molecule has 2 aromatic carbocycles. The molecule has 1 N–H and O–H groups in total. The molecule has 0 radical (unpaired) electrons. The molecule has 1 nitrogen and oxygen atoms in total. The van der Waals surface area contributed by atoms with Crippen LogP contribution in [0.15, 0.2) is 36.4 Å². The van der Waals surface area contributed by atoms with E-state index in [9.17, 15) is 0 Å². The summed E-state index contributed by atoms with van der Waals surface area (Å²) < 4.78 is 0. The zero-order valence-electron chi connectivity index (χ0n) is 7.96. The summed E-state index contributed by atoms with van der Waals surface area (Å²) in [6.45, 7) is 2.14. The molecule has 0 aliphatic carbocycles. The van der Waals surface area contributed by atoms with Crippen molar-refractivity contribution >= 4 is 16.5 Å². The summed E-state index contributed by atoms with van der Waals surface area (Å²) in [5.41, 5.74) is 2.50. The molecule has 0 fully saturated rings. The van der Waals surface area contributed by atoms with Crippen molar-refractivity contribution in [3.8, 4) is 0 Å². The zero-order valence-corrected chi connectivity index (χ0v) is 7.96. The van der Waals surface area contributed by atoms with Crippen LogP contribution in [0.1, 0.15) is 5.56 Å². The molecule has 2 rings (SSSR count). The van der Waals surface area contributed by atoms with E-state index in [2.05, 4.69) is 48.6 Å². The first kappa shape index (κ1) is 8.11. The average molecular weight is 171 g/mol. The van der Waals surface area contributed by atoms with Gasteiger partial charge in [-0.2, -0.15) is 0 Å². The lowest BCUT2D eigenvalue weighted by Crippen LogP contribution is -1.89. The van der Waals surface area contributed by atoms with Crippen LogP contribution in [-0.2, 0) is 0 Å². The van der Waals surface area contributed by atoms with Gasteiger partial charge in [0, 0.05) is 12.7 Å². The maximum Gasteiger partial charge on any atom is 0.0346 e. The summed E-state index contributed by atoms with van der Waals surface area (Å²) in [5, 5.41) is 5.79. The Balaban J connectivity index is 2.77. The molecule has 2 aromatic rings. The van der Waals surface area contributed by atoms with Crippen LogP contribution < -0.4 is 5.32 Å². The number of nitrogens with one attached hydrogen (secondary N) is 1. The first-order chi connectivity index (χ1) is 6.31. The minimum absolute atomic E-state index is 1.18. The minimum Gasteiger partial charge on any atom is -0.388 e. The van der Waals surface area contributed by atoms with Gasteiger partial charge >= 0.3 is 0 Å². The number of benzene rings is 2. The predicted octanol–water partition coefficient (Wildman–Crippen LogP) is 3.19. The van der Waals surface area contributed by atoms with Crippen molar-refractivity contribution in [2.45, 2.75) is 6.92 Å². The van der Waals surface area contributed by atoms with E-state index in [-0.39, 0.29) is 0 Å². The molecule has 1 heteroatoms. The topological polar surface area (TPSA) is 12.0 Å². The zero-order chi connectivity index (χ0) is 9.26. The number of anilines is 1. The number of rotatable bonds is 1. The Morgan fingerprint density at radius 3 is 2.62 bits per heavy atom. The maximum atomic E-state index is 3.16. The molecule has 0 atom stereocenters. The van der Waals surface area contributed by atoms with Crippen LogP contribution in [0.2, 0.25) is 0 Å². The van der Waals surface area contributed by atoms with Crippen molar-refractivity contribution in [2.75, 3.05) is 12.4 Å². The van der Waals surface area contributed by atoms with Gasteiger partial charge in [-0.25, -0.2) is 0 Å². The van der Waals surface area contributed by atoms with Gasteiger partial charge in [0.1, 0.15) is 0 Å². The molecule has 0 unspecified atom stereocenters. The molecule has 0 saturated carbocycles. The van der Waals surface area contributed by atoms with Gasteiger partial charge in [-0.3, -0.25) is 0 Å². The summed E-state index contributed by atoms with van der Waals surface area (Å²) in [6.07, 6.45) is 0. The molecule has 0 amide bonds. The van der Waals surface area contributed by atoms with Gasteiger partial charge in [-0.05, 0) is 35.4 Å². The van der Waals surface area contributed by atoms with Crippen LogP contribution in [0.5, 0.6) is 0 Å². The van der Waals surface area contributed by atoms with Crippen molar-refractivity contribution in [3.05, 3.63) is 42.0 Å². The highest BCUT2D eigenvalue weighted by Crippen LogP contribution is 2.22. The normalized spacial score (nSPS) is 10.3. The Hall–Kier alpha value is -1.50. The van der Waals surface area contributed by atoms with Crippen LogP contribution in [0, 0.1) is 6.92 Å². The number of fused-ring (bicyclic) bond motifs is 1.